The lowest BCUT2D eigenvalue weighted by molar-refractivity contribution is -0.121. The van der Waals surface area contributed by atoms with Crippen molar-refractivity contribution in [3.63, 3.8) is 0 Å². The predicted octanol–water partition coefficient (Wildman–Crippen LogP) is 7.96. The highest BCUT2D eigenvalue weighted by atomic mass is 32.2. The second-order valence-corrected chi connectivity index (χ2v) is 13.0. The van der Waals surface area contributed by atoms with Crippen molar-refractivity contribution < 1.29 is 33.4 Å². The molecule has 0 radical (unpaired) electrons. The molecule has 4 amide bonds. The van der Waals surface area contributed by atoms with Crippen LogP contribution in [-0.4, -0.2) is 50.2 Å². The van der Waals surface area contributed by atoms with Gasteiger partial charge in [-0.1, -0.05) is 36.4 Å². The molecule has 1 fully saturated rings. The number of anilines is 2. The fourth-order valence-electron chi connectivity index (χ4n) is 5.49. The van der Waals surface area contributed by atoms with Crippen LogP contribution in [-0.2, 0) is 14.4 Å². The number of carbonyl (C=O) groups excluding carboxylic acids is 4. The summed E-state index contributed by atoms with van der Waals surface area (Å²) in [5.74, 6) is -0.504. The minimum atomic E-state index is -0.630. The maximum atomic E-state index is 13.7. The zero-order valence-corrected chi connectivity index (χ0v) is 30.3. The lowest BCUT2D eigenvalue weighted by atomic mass is 10.1. The summed E-state index contributed by atoms with van der Waals surface area (Å²) in [5, 5.41) is 13.3. The smallest absolute Gasteiger partial charge is 0.272 e. The van der Waals surface area contributed by atoms with E-state index in [2.05, 4.69) is 20.9 Å². The van der Waals surface area contributed by atoms with E-state index in [0.29, 0.717) is 51.1 Å². The van der Waals surface area contributed by atoms with E-state index in [9.17, 15) is 19.2 Å². The maximum Gasteiger partial charge on any atom is 0.272 e. The van der Waals surface area contributed by atoms with E-state index in [1.54, 1.807) is 91.0 Å². The molecule has 13 heteroatoms. The summed E-state index contributed by atoms with van der Waals surface area (Å²) < 4.78 is 16.4. The van der Waals surface area contributed by atoms with Gasteiger partial charge in [-0.25, -0.2) is 4.90 Å². The Bertz CT molecular complexity index is 2210. The van der Waals surface area contributed by atoms with Crippen LogP contribution < -0.4 is 29.7 Å². The quantitative estimate of drug-likeness (QED) is 0.0702. The number of rotatable bonds is 13. The molecule has 54 heavy (non-hydrogen) atoms. The molecule has 0 saturated carbocycles. The van der Waals surface area contributed by atoms with Gasteiger partial charge in [-0.15, -0.1) is 11.8 Å². The first-order valence-electron chi connectivity index (χ1n) is 16.7. The van der Waals surface area contributed by atoms with Gasteiger partial charge in [0.2, 0.25) is 11.8 Å². The normalized spacial score (nSPS) is 14.2. The molecule has 1 aliphatic rings. The Morgan fingerprint density at radius 3 is 1.96 bits per heavy atom. The third kappa shape index (κ3) is 8.82. The van der Waals surface area contributed by atoms with Gasteiger partial charge in [0.1, 0.15) is 11.4 Å². The minimum absolute atomic E-state index is 0.0341. The van der Waals surface area contributed by atoms with Crippen molar-refractivity contribution in [2.45, 2.75) is 16.6 Å². The predicted molar refractivity (Wildman–Crippen MR) is 207 cm³/mol. The molecule has 2 N–H and O–H groups in total. The molecule has 1 aliphatic heterocycles. The van der Waals surface area contributed by atoms with Crippen LogP contribution in [0.4, 0.5) is 22.7 Å². The van der Waals surface area contributed by atoms with Gasteiger partial charge < -0.3 is 24.8 Å². The lowest BCUT2D eigenvalue weighted by Crippen LogP contribution is -2.31. The summed E-state index contributed by atoms with van der Waals surface area (Å²) in [6.07, 6.45) is 1.52. The summed E-state index contributed by atoms with van der Waals surface area (Å²) in [6, 6.07) is 34.7. The van der Waals surface area contributed by atoms with Gasteiger partial charge in [0.15, 0.2) is 11.5 Å². The number of hydrogen-bond acceptors (Lipinski definition) is 10. The fourth-order valence-corrected chi connectivity index (χ4v) is 6.54. The van der Waals surface area contributed by atoms with E-state index in [1.807, 2.05) is 30.3 Å². The zero-order valence-electron chi connectivity index (χ0n) is 29.5. The SMILES string of the molecule is COc1cc(OC)c(OC)cc1C=C(NC(=O)c1ccccc1)C(=O)Nc1ccc(SC2CC(=O)N(c3ccc(N=Nc4ccccc4)cc3)C2=O)cc1. The minimum Gasteiger partial charge on any atom is -0.496 e. The second-order valence-electron chi connectivity index (χ2n) is 11.7. The fraction of sp³-hybridized carbons (Fsp3) is 0.122. The second kappa shape index (κ2) is 17.2. The Labute approximate surface area is 315 Å². The van der Waals surface area contributed by atoms with E-state index in [0.717, 1.165) is 4.90 Å². The van der Waals surface area contributed by atoms with Crippen LogP contribution in [0, 0.1) is 0 Å². The summed E-state index contributed by atoms with van der Waals surface area (Å²) in [6.45, 7) is 0. The number of nitrogens with zero attached hydrogens (tertiary/aromatic N) is 3. The standard InChI is InChI=1S/C41H35N5O7S/c1-51-34-24-36(53-3)35(52-2)23-27(34)22-33(43-39(48)26-10-6-4-7-11-26)40(49)42-28-16-20-32(21-17-28)54-37-25-38(47)46(41(37)50)31-18-14-30(15-19-31)45-44-29-12-8-5-9-13-29/h4-24,37H,25H2,1-3H3,(H,42,49)(H,43,48). The number of ether oxygens (including phenoxy) is 3. The number of imide groups is 1. The first-order chi connectivity index (χ1) is 26.3. The first kappa shape index (κ1) is 37.0. The summed E-state index contributed by atoms with van der Waals surface area (Å²) >= 11 is 1.26. The number of nitrogens with one attached hydrogen (secondary N) is 2. The first-order valence-corrected chi connectivity index (χ1v) is 17.5. The van der Waals surface area contributed by atoms with Crippen LogP contribution in [0.3, 0.4) is 0 Å². The summed E-state index contributed by atoms with van der Waals surface area (Å²) in [7, 11) is 4.46. The van der Waals surface area contributed by atoms with Crippen molar-refractivity contribution in [3.05, 3.63) is 138 Å². The Kier molecular flexibility index (Phi) is 11.8. The number of carbonyl (C=O) groups is 4. The summed E-state index contributed by atoms with van der Waals surface area (Å²) in [5.41, 5.74) is 2.94. The van der Waals surface area contributed by atoms with Crippen LogP contribution in [0.5, 0.6) is 17.2 Å². The van der Waals surface area contributed by atoms with Gasteiger partial charge in [0.05, 0.1) is 43.6 Å². The Morgan fingerprint density at radius 1 is 0.741 bits per heavy atom. The molecule has 6 rings (SSSR count). The largest absolute Gasteiger partial charge is 0.496 e. The van der Waals surface area contributed by atoms with Crippen LogP contribution >= 0.6 is 11.8 Å². The molecular weight excluding hydrogens is 707 g/mol. The van der Waals surface area contributed by atoms with E-state index < -0.39 is 17.1 Å². The number of benzene rings is 5. The van der Waals surface area contributed by atoms with E-state index in [4.69, 9.17) is 14.2 Å². The van der Waals surface area contributed by atoms with Crippen LogP contribution in [0.1, 0.15) is 22.3 Å². The average Bonchev–Trinajstić information content (AvgIpc) is 3.49. The van der Waals surface area contributed by atoms with Gasteiger partial charge >= 0.3 is 0 Å². The van der Waals surface area contributed by atoms with Crippen molar-refractivity contribution in [1.82, 2.24) is 5.32 Å². The highest BCUT2D eigenvalue weighted by molar-refractivity contribution is 8.00. The molecule has 1 unspecified atom stereocenters. The summed E-state index contributed by atoms with van der Waals surface area (Å²) in [4.78, 5) is 55.1. The zero-order chi connectivity index (χ0) is 38.0. The molecule has 1 saturated heterocycles. The molecule has 12 nitrogen and oxygen atoms in total. The Balaban J connectivity index is 1.14. The van der Waals surface area contributed by atoms with Gasteiger partial charge in [0.25, 0.3) is 11.8 Å². The van der Waals surface area contributed by atoms with E-state index in [-0.39, 0.29) is 23.9 Å². The third-order valence-electron chi connectivity index (χ3n) is 8.21. The number of methoxy groups -OCH3 is 3. The molecular formula is C41H35N5O7S. The lowest BCUT2D eigenvalue weighted by Gasteiger charge is -2.15. The molecule has 0 spiro atoms. The van der Waals surface area contributed by atoms with Gasteiger partial charge in [-0.3, -0.25) is 19.2 Å². The van der Waals surface area contributed by atoms with Crippen molar-refractivity contribution in [2.24, 2.45) is 10.2 Å². The topological polar surface area (TPSA) is 148 Å². The average molecular weight is 742 g/mol. The van der Waals surface area contributed by atoms with Gasteiger partial charge in [-0.2, -0.15) is 10.2 Å². The molecule has 272 valence electrons. The molecule has 5 aromatic carbocycles. The monoisotopic (exact) mass is 741 g/mol. The van der Waals surface area contributed by atoms with Crippen LogP contribution in [0.2, 0.25) is 0 Å². The van der Waals surface area contributed by atoms with Crippen molar-refractivity contribution in [3.8, 4) is 17.2 Å². The van der Waals surface area contributed by atoms with E-state index in [1.165, 1.54) is 44.1 Å². The van der Waals surface area contributed by atoms with Gasteiger partial charge in [0, 0.05) is 34.2 Å². The number of hydrogen-bond donors (Lipinski definition) is 2. The van der Waals surface area contributed by atoms with Gasteiger partial charge in [-0.05, 0) is 84.9 Å². The molecule has 1 atom stereocenters. The Hall–Kier alpha value is -6.73. The highest BCUT2D eigenvalue weighted by Gasteiger charge is 2.40. The number of azo groups is 1. The van der Waals surface area contributed by atoms with E-state index >= 15 is 0 Å². The molecule has 0 bridgehead atoms. The van der Waals surface area contributed by atoms with Crippen LogP contribution in [0.25, 0.3) is 6.08 Å². The Morgan fingerprint density at radius 2 is 1.33 bits per heavy atom. The maximum absolute atomic E-state index is 13.7. The highest BCUT2D eigenvalue weighted by Crippen LogP contribution is 2.37. The molecule has 0 aromatic heterocycles. The molecule has 0 aliphatic carbocycles. The van der Waals surface area contributed by atoms with Crippen LogP contribution in [0.15, 0.2) is 142 Å². The van der Waals surface area contributed by atoms with Crippen molar-refractivity contribution in [1.29, 1.82) is 0 Å². The molecule has 5 aromatic rings. The number of amides is 4. The molecule has 1 heterocycles. The van der Waals surface area contributed by atoms with Crippen molar-refractivity contribution >= 4 is 64.2 Å². The number of thioether (sulfide) groups is 1. The third-order valence-corrected chi connectivity index (χ3v) is 9.40. The van der Waals surface area contributed by atoms with Crippen molar-refractivity contribution in [2.75, 3.05) is 31.5 Å².